The Morgan fingerprint density at radius 3 is 1.62 bits per heavy atom. The molecule has 2 nitrogen and oxygen atoms in total. The third-order valence-corrected chi connectivity index (χ3v) is 4.90. The molecule has 0 saturated heterocycles. The number of benzene rings is 2. The van der Waals surface area contributed by atoms with Gasteiger partial charge >= 0.3 is 0 Å². The third-order valence-electron chi connectivity index (χ3n) is 4.03. The van der Waals surface area contributed by atoms with Crippen molar-refractivity contribution >= 4 is 47.0 Å². The van der Waals surface area contributed by atoms with E-state index >= 15 is 0 Å². The first-order valence-corrected chi connectivity index (χ1v) is 7.54. The molecule has 104 valence electrons. The quantitative estimate of drug-likeness (QED) is 0.691. The van der Waals surface area contributed by atoms with Gasteiger partial charge in [-0.15, -0.1) is 23.2 Å². The summed E-state index contributed by atoms with van der Waals surface area (Å²) in [7, 11) is 0. The van der Waals surface area contributed by atoms with Crippen LogP contribution in [0, 0.1) is 0 Å². The van der Waals surface area contributed by atoms with Crippen molar-refractivity contribution in [3.63, 3.8) is 0 Å². The van der Waals surface area contributed by atoms with Gasteiger partial charge in [-0.05, 0) is 12.1 Å². The summed E-state index contributed by atoms with van der Waals surface area (Å²) in [4.78, 5) is 7.46. The Kier molecular flexibility index (Phi) is 2.75. The summed E-state index contributed by atoms with van der Waals surface area (Å²) in [5.41, 5.74) is 3.83. The van der Waals surface area contributed by atoms with Gasteiger partial charge in [0.05, 0.1) is 11.4 Å². The minimum absolute atomic E-state index is 0.518. The van der Waals surface area contributed by atoms with Crippen molar-refractivity contribution in [2.45, 2.75) is 16.2 Å². The van der Waals surface area contributed by atoms with Crippen LogP contribution in [0.4, 0.5) is 11.4 Å². The Labute approximate surface area is 133 Å². The Morgan fingerprint density at radius 1 is 0.714 bits per heavy atom. The molecule has 0 radical (unpaired) electrons. The molecule has 0 fully saturated rings. The molecule has 0 N–H and O–H groups in total. The maximum Gasteiger partial charge on any atom is 0.109 e. The molecule has 0 spiro atoms. The number of alkyl halides is 2. The number of para-hydroxylation sites is 2. The van der Waals surface area contributed by atoms with Crippen molar-refractivity contribution in [1.29, 1.82) is 0 Å². The van der Waals surface area contributed by atoms with Crippen LogP contribution in [-0.4, -0.2) is 12.4 Å². The summed E-state index contributed by atoms with van der Waals surface area (Å²) < 4.78 is 0. The lowest BCUT2D eigenvalue weighted by Crippen LogP contribution is -2.30. The van der Waals surface area contributed by atoms with Gasteiger partial charge < -0.3 is 0 Å². The molecule has 2 aliphatic rings. The molecule has 21 heavy (non-hydrogen) atoms. The molecule has 2 aromatic carbocycles. The molecule has 2 unspecified atom stereocenters. The van der Waals surface area contributed by atoms with Gasteiger partial charge in [0, 0.05) is 30.0 Å². The van der Waals surface area contributed by atoms with Gasteiger partial charge in [0.1, 0.15) is 9.75 Å². The number of aliphatic imine (C=N–C) groups is 2. The molecule has 2 aromatic rings. The van der Waals surface area contributed by atoms with Gasteiger partial charge in [-0.2, -0.15) is 0 Å². The second-order valence-corrected chi connectivity index (χ2v) is 6.80. The van der Waals surface area contributed by atoms with Gasteiger partial charge in [0.15, 0.2) is 0 Å². The smallest absolute Gasteiger partial charge is 0.109 e. The highest BCUT2D eigenvalue weighted by Gasteiger charge is 2.45. The molecule has 2 aliphatic heterocycles. The van der Waals surface area contributed by atoms with Crippen molar-refractivity contribution in [2.24, 2.45) is 9.98 Å². The van der Waals surface area contributed by atoms with E-state index in [0.29, 0.717) is 6.42 Å². The van der Waals surface area contributed by atoms with Crippen molar-refractivity contribution < 1.29 is 0 Å². The minimum Gasteiger partial charge on any atom is -0.259 e. The monoisotopic (exact) mass is 314 g/mol. The summed E-state index contributed by atoms with van der Waals surface area (Å²) in [6, 6.07) is 15.8. The molecular formula is C17H12Cl2N2. The number of fused-ring (bicyclic) bond motifs is 2. The number of hydrogen-bond acceptors (Lipinski definition) is 2. The molecule has 2 atom stereocenters. The van der Waals surface area contributed by atoms with Crippen molar-refractivity contribution in [2.75, 3.05) is 0 Å². The number of halogens is 2. The average molecular weight is 315 g/mol. The first-order chi connectivity index (χ1) is 10.1. The first-order valence-electron chi connectivity index (χ1n) is 6.78. The van der Waals surface area contributed by atoms with E-state index in [9.17, 15) is 0 Å². The fourth-order valence-electron chi connectivity index (χ4n) is 3.01. The van der Waals surface area contributed by atoms with Crippen LogP contribution in [0.3, 0.4) is 0 Å². The van der Waals surface area contributed by atoms with Crippen LogP contribution in [-0.2, 0) is 9.75 Å². The zero-order valence-electron chi connectivity index (χ0n) is 11.1. The highest BCUT2D eigenvalue weighted by molar-refractivity contribution is 6.37. The second-order valence-electron chi connectivity index (χ2n) is 5.45. The maximum absolute atomic E-state index is 6.84. The van der Waals surface area contributed by atoms with E-state index in [4.69, 9.17) is 23.2 Å². The highest BCUT2D eigenvalue weighted by atomic mass is 35.5. The van der Waals surface area contributed by atoms with Gasteiger partial charge in [-0.1, -0.05) is 36.4 Å². The van der Waals surface area contributed by atoms with Crippen molar-refractivity contribution in [1.82, 2.24) is 0 Å². The fourth-order valence-corrected chi connectivity index (χ4v) is 3.92. The summed E-state index contributed by atoms with van der Waals surface area (Å²) in [5, 5.41) is 0. The molecule has 0 saturated carbocycles. The molecule has 4 rings (SSSR count). The van der Waals surface area contributed by atoms with Crippen LogP contribution in [0.15, 0.2) is 58.5 Å². The normalized spacial score (nSPS) is 28.7. The topological polar surface area (TPSA) is 24.7 Å². The zero-order valence-corrected chi connectivity index (χ0v) is 12.6. The van der Waals surface area contributed by atoms with Crippen molar-refractivity contribution in [3.8, 4) is 0 Å². The Morgan fingerprint density at radius 2 is 1.14 bits per heavy atom. The third kappa shape index (κ3) is 1.94. The number of nitrogens with zero attached hydrogens (tertiary/aromatic N) is 2. The van der Waals surface area contributed by atoms with Crippen LogP contribution in [0.1, 0.15) is 17.5 Å². The molecule has 0 bridgehead atoms. The van der Waals surface area contributed by atoms with E-state index in [1.165, 1.54) is 0 Å². The van der Waals surface area contributed by atoms with Crippen LogP contribution in [0.2, 0.25) is 0 Å². The molecule has 0 amide bonds. The summed E-state index contributed by atoms with van der Waals surface area (Å²) in [5.74, 6) is 0. The van der Waals surface area contributed by atoms with Gasteiger partial charge in [0.25, 0.3) is 0 Å². The Bertz CT molecular complexity index is 718. The van der Waals surface area contributed by atoms with Crippen LogP contribution >= 0.6 is 23.2 Å². The predicted molar refractivity (Wildman–Crippen MR) is 88.9 cm³/mol. The van der Waals surface area contributed by atoms with E-state index < -0.39 is 9.75 Å². The average Bonchev–Trinajstić information content (AvgIpc) is 3.00. The molecular weight excluding hydrogens is 303 g/mol. The second kappa shape index (κ2) is 4.43. The SMILES string of the molecule is ClC1(CC2(Cl)C=Nc3ccccc32)C=Nc2ccccc21. The van der Waals surface area contributed by atoms with Gasteiger partial charge in [-0.25, -0.2) is 0 Å². The van der Waals surface area contributed by atoms with E-state index in [1.807, 2.05) is 48.5 Å². The van der Waals surface area contributed by atoms with E-state index in [0.717, 1.165) is 22.5 Å². The first kappa shape index (κ1) is 13.1. The zero-order chi connectivity index (χ0) is 14.5. The summed E-state index contributed by atoms with van der Waals surface area (Å²) >= 11 is 13.7. The Hall–Kier alpha value is -1.64. The predicted octanol–water partition coefficient (Wildman–Crippen LogP) is 5.08. The van der Waals surface area contributed by atoms with Crippen molar-refractivity contribution in [3.05, 3.63) is 59.7 Å². The lowest BCUT2D eigenvalue weighted by Gasteiger charge is -2.29. The lowest BCUT2D eigenvalue weighted by molar-refractivity contribution is 0.651. The number of hydrogen-bond donors (Lipinski definition) is 0. The fraction of sp³-hybridized carbons (Fsp3) is 0.176. The molecule has 0 aromatic heterocycles. The largest absolute Gasteiger partial charge is 0.259 e. The van der Waals surface area contributed by atoms with Crippen LogP contribution in [0.5, 0.6) is 0 Å². The maximum atomic E-state index is 6.84. The lowest BCUT2D eigenvalue weighted by atomic mass is 9.86. The van der Waals surface area contributed by atoms with E-state index in [2.05, 4.69) is 9.98 Å². The summed E-state index contributed by atoms with van der Waals surface area (Å²) in [6.07, 6.45) is 4.10. The summed E-state index contributed by atoms with van der Waals surface area (Å²) in [6.45, 7) is 0. The van der Waals surface area contributed by atoms with Crippen LogP contribution < -0.4 is 0 Å². The van der Waals surface area contributed by atoms with E-state index in [1.54, 1.807) is 12.4 Å². The minimum atomic E-state index is -0.693. The number of rotatable bonds is 2. The van der Waals surface area contributed by atoms with E-state index in [-0.39, 0.29) is 0 Å². The molecule has 2 heterocycles. The van der Waals surface area contributed by atoms with Gasteiger partial charge in [0.2, 0.25) is 0 Å². The van der Waals surface area contributed by atoms with Gasteiger partial charge in [-0.3, -0.25) is 9.98 Å². The Balaban J connectivity index is 1.75. The highest BCUT2D eigenvalue weighted by Crippen LogP contribution is 2.51. The molecule has 4 heteroatoms. The standard InChI is InChI=1S/C17H12Cl2N2/c18-16(10-20-14-7-3-1-5-12(14)16)9-17(19)11-21-15-8-4-2-6-13(15)17/h1-8,10-11H,9H2. The van der Waals surface area contributed by atoms with Crippen LogP contribution in [0.25, 0.3) is 0 Å². The molecule has 0 aliphatic carbocycles.